The highest BCUT2D eigenvalue weighted by atomic mass is 32.2. The first kappa shape index (κ1) is 67.9. The van der Waals surface area contributed by atoms with E-state index in [1.54, 1.807) is 32.0 Å². The van der Waals surface area contributed by atoms with Crippen molar-refractivity contribution in [3.8, 4) is 5.75 Å². The average Bonchev–Trinajstić information content (AvgIpc) is 3.64. The summed E-state index contributed by atoms with van der Waals surface area (Å²) in [5, 5.41) is 40.3. The van der Waals surface area contributed by atoms with Crippen LogP contribution in [0.15, 0.2) is 35.4 Å². The third kappa shape index (κ3) is 20.4. The predicted octanol–water partition coefficient (Wildman–Crippen LogP) is 0.971. The molecule has 1 aromatic carbocycles. The molecule has 84 heavy (non-hydrogen) atoms. The minimum atomic E-state index is -2.37. The zero-order chi connectivity index (χ0) is 61.5. The minimum Gasteiger partial charge on any atom is -0.497 e. The first-order valence-corrected chi connectivity index (χ1v) is 30.9. The first-order chi connectivity index (χ1) is 40.1. The predicted molar refractivity (Wildman–Crippen MR) is 310 cm³/mol. The number of carbonyl (C=O) groups excluding carboxylic acids is 10. The number of hydrogen-bond acceptors (Lipinski definition) is 15. The van der Waals surface area contributed by atoms with Gasteiger partial charge in [0.1, 0.15) is 53.6 Å². The Hall–Kier alpha value is -6.93. The summed E-state index contributed by atoms with van der Waals surface area (Å²) in [5.74, 6) is -12.0. The normalized spacial score (nSPS) is 24.7. The molecular weight excluding hydrogens is 1110 g/mol. The van der Waals surface area contributed by atoms with Crippen LogP contribution in [0.1, 0.15) is 142 Å². The fourth-order valence-electron chi connectivity index (χ4n) is 10.3. The van der Waals surface area contributed by atoms with Crippen molar-refractivity contribution >= 4 is 80.8 Å². The van der Waals surface area contributed by atoms with Gasteiger partial charge in [-0.3, -0.25) is 52.2 Å². The number of aliphatic hydroxyl groups is 2. The summed E-state index contributed by atoms with van der Waals surface area (Å²) in [6.45, 7) is 4.41. The number of H-pyrrole nitrogens is 1. The third-order valence-corrected chi connectivity index (χ3v) is 17.1. The molecule has 26 heteroatoms. The van der Waals surface area contributed by atoms with Gasteiger partial charge in [-0.05, 0) is 55.7 Å². The van der Waals surface area contributed by atoms with Crippen LogP contribution in [-0.4, -0.2) is 171 Å². The molecular formula is C58H88N10O15S. The number of nitrogens with two attached hydrogens (primary N) is 1. The second kappa shape index (κ2) is 34.1. The van der Waals surface area contributed by atoms with E-state index in [1.165, 1.54) is 52.6 Å². The summed E-state index contributed by atoms with van der Waals surface area (Å²) in [5.41, 5.74) is 6.17. The number of primary amides is 1. The maximum absolute atomic E-state index is 15.0. The van der Waals surface area contributed by atoms with Gasteiger partial charge in [-0.2, -0.15) is 0 Å². The molecule has 1 unspecified atom stereocenters. The summed E-state index contributed by atoms with van der Waals surface area (Å²) < 4.78 is 25.8. The molecule has 466 valence electrons. The Balaban J connectivity index is 1.48. The molecule has 2 bridgehead atoms. The molecule has 1 aromatic heterocycles. The molecule has 3 aliphatic heterocycles. The number of ether oxygens (including phenoxy) is 2. The van der Waals surface area contributed by atoms with Gasteiger partial charge in [-0.1, -0.05) is 97.6 Å². The number of hydrogen-bond donors (Lipinski definition) is 11. The maximum atomic E-state index is 15.0. The van der Waals surface area contributed by atoms with E-state index in [0.717, 1.165) is 43.4 Å². The van der Waals surface area contributed by atoms with Crippen molar-refractivity contribution in [3.05, 3.63) is 35.9 Å². The van der Waals surface area contributed by atoms with Crippen molar-refractivity contribution in [2.24, 2.45) is 17.6 Å². The van der Waals surface area contributed by atoms with Crippen LogP contribution in [-0.2, 0) is 69.9 Å². The zero-order valence-electron chi connectivity index (χ0n) is 49.1. The van der Waals surface area contributed by atoms with E-state index in [2.05, 4.69) is 61.3 Å². The number of unbranched alkanes of at least 4 members (excludes halogenated alkanes) is 11. The minimum absolute atomic E-state index is 0.0526. The average molecular weight is 1200 g/mol. The number of carbonyl (C=O) groups is 10. The highest BCUT2D eigenvalue weighted by molar-refractivity contribution is 7.85. The first-order valence-electron chi connectivity index (χ1n) is 29.5. The number of aliphatic hydroxyl groups excluding tert-OH is 2. The number of nitrogens with zero attached hydrogens (tertiary/aromatic N) is 1. The smallest absolute Gasteiger partial charge is 0.305 e. The topological polar surface area (TPSA) is 376 Å². The Morgan fingerprint density at radius 2 is 1.40 bits per heavy atom. The van der Waals surface area contributed by atoms with Crippen LogP contribution >= 0.6 is 0 Å². The molecule has 1 saturated heterocycles. The van der Waals surface area contributed by atoms with Crippen LogP contribution in [0.25, 0.3) is 10.9 Å². The van der Waals surface area contributed by atoms with E-state index in [1.807, 2.05) is 0 Å². The lowest BCUT2D eigenvalue weighted by molar-refractivity contribution is -0.149. The summed E-state index contributed by atoms with van der Waals surface area (Å²) in [6, 6.07) is -5.21. The third-order valence-electron chi connectivity index (χ3n) is 15.7. The Morgan fingerprint density at radius 1 is 0.762 bits per heavy atom. The number of methoxy groups -OCH3 is 1. The van der Waals surface area contributed by atoms with E-state index in [-0.39, 0.29) is 23.4 Å². The Kier molecular flexibility index (Phi) is 27.6. The molecule has 0 saturated carbocycles. The molecule has 3 aliphatic rings. The largest absolute Gasteiger partial charge is 0.497 e. The number of nitrogens with one attached hydrogen (secondary N) is 8. The van der Waals surface area contributed by atoms with Gasteiger partial charge in [0.05, 0.1) is 60.9 Å². The Bertz CT molecular complexity index is 2680. The highest BCUT2D eigenvalue weighted by Crippen LogP contribution is 2.30. The number of fused-ring (bicyclic) bond motifs is 5. The second-order valence-corrected chi connectivity index (χ2v) is 23.6. The fraction of sp³-hybridized carbons (Fsp3) is 0.655. The van der Waals surface area contributed by atoms with E-state index in [4.69, 9.17) is 15.2 Å². The number of esters is 1. The molecule has 0 aliphatic carbocycles. The van der Waals surface area contributed by atoms with Gasteiger partial charge in [0.15, 0.2) is 0 Å². The molecule has 11 atom stereocenters. The van der Waals surface area contributed by atoms with Crippen LogP contribution in [0.4, 0.5) is 0 Å². The SMILES string of the molecule is CCCCCCCC/C=C\CCCCCCCC(=O)OC[C@H](O)[C@H](C)[C@@H]1NC(=O)[C@@H]2C[C@@H](O)CN2C(=O)C[C@@H](C(N)=O)NC(=O)[C@@H]2CS(=O)c3[nH]c4cc(OC)ccc4c3C[C@H](NC1=O)C(=O)NCC(=O)N[C@@H]([C@@H](C)CC)C(=O)NCC(=O)N2. The summed E-state index contributed by atoms with van der Waals surface area (Å²) in [6.07, 6.45) is 14.1. The second-order valence-electron chi connectivity index (χ2n) is 22.2. The van der Waals surface area contributed by atoms with E-state index in [9.17, 15) is 57.6 Å². The Morgan fingerprint density at radius 3 is 2.06 bits per heavy atom. The molecule has 25 nitrogen and oxygen atoms in total. The highest BCUT2D eigenvalue weighted by Gasteiger charge is 2.44. The fourth-order valence-corrected chi connectivity index (χ4v) is 11.7. The van der Waals surface area contributed by atoms with Gasteiger partial charge < -0.3 is 72.5 Å². The van der Waals surface area contributed by atoms with Gasteiger partial charge in [-0.25, -0.2) is 0 Å². The van der Waals surface area contributed by atoms with E-state index < -0.39 is 175 Å². The quantitative estimate of drug-likeness (QED) is 0.0420. The van der Waals surface area contributed by atoms with E-state index >= 15 is 4.79 Å². The lowest BCUT2D eigenvalue weighted by atomic mass is 9.93. The Labute approximate surface area is 493 Å². The summed E-state index contributed by atoms with van der Waals surface area (Å²) in [7, 11) is -0.965. The molecule has 0 radical (unpaired) electrons. The maximum Gasteiger partial charge on any atom is 0.305 e. The standard InChI is InChI=1S/C58H88N10O15S/c1-6-8-9-10-11-12-13-14-15-16-17-18-19-20-21-22-49(74)83-32-45(70)35(4)51-57(80)64-42-27-39-38-24-23-37(82-5)26-40(38)65-58(39)84(81)33-43(62-46(71)29-61-56(79)50(34(3)7-2)66-47(72)30-60-53(42)76)54(77)63-41(52(59)75)28-48(73)68-31-36(69)25-44(68)55(78)67-51/h14-15,23-24,26,34-36,41-45,50-51,65,69-70H,6-13,16-22,25,27-33H2,1-5H3,(H2,59,75)(H,60,76)(H,61,79)(H,62,71)(H,63,77)(H,64,80)(H,66,72)(H,67,78)/b15-14-/t34-,35-,36+,41-,42-,43-,44-,45-,50-,51-,84?/m0/s1. The monoisotopic (exact) mass is 1200 g/mol. The molecule has 4 heterocycles. The number of aromatic nitrogens is 1. The number of allylic oxidation sites excluding steroid dienone is 2. The van der Waals surface area contributed by atoms with Crippen LogP contribution in [0.2, 0.25) is 0 Å². The zero-order valence-corrected chi connectivity index (χ0v) is 49.9. The van der Waals surface area contributed by atoms with Gasteiger partial charge in [0, 0.05) is 43.2 Å². The van der Waals surface area contributed by atoms with Crippen LogP contribution in [0, 0.1) is 11.8 Å². The van der Waals surface area contributed by atoms with Crippen molar-refractivity contribution in [2.45, 2.75) is 197 Å². The van der Waals surface area contributed by atoms with Crippen molar-refractivity contribution in [1.29, 1.82) is 0 Å². The molecule has 1 fully saturated rings. The molecule has 5 rings (SSSR count). The number of amides is 9. The summed E-state index contributed by atoms with van der Waals surface area (Å²) in [4.78, 5) is 143. The van der Waals surface area contributed by atoms with Crippen molar-refractivity contribution in [3.63, 3.8) is 0 Å². The van der Waals surface area contributed by atoms with Crippen LogP contribution < -0.4 is 47.7 Å². The van der Waals surface area contributed by atoms with Crippen LogP contribution in [0.5, 0.6) is 5.75 Å². The van der Waals surface area contributed by atoms with E-state index in [0.29, 0.717) is 29.5 Å². The molecule has 9 amide bonds. The molecule has 12 N–H and O–H groups in total. The lowest BCUT2D eigenvalue weighted by Crippen LogP contribution is -2.60. The number of benzene rings is 1. The lowest BCUT2D eigenvalue weighted by Gasteiger charge is -2.32. The van der Waals surface area contributed by atoms with Crippen molar-refractivity contribution in [1.82, 2.24) is 47.1 Å². The van der Waals surface area contributed by atoms with Crippen LogP contribution in [0.3, 0.4) is 0 Å². The van der Waals surface area contributed by atoms with Crippen molar-refractivity contribution < 1.29 is 71.8 Å². The van der Waals surface area contributed by atoms with Gasteiger partial charge in [0.25, 0.3) is 0 Å². The number of aromatic amines is 1. The van der Waals surface area contributed by atoms with Crippen molar-refractivity contribution in [2.75, 3.05) is 39.1 Å². The van der Waals surface area contributed by atoms with Gasteiger partial charge >= 0.3 is 5.97 Å². The van der Waals surface area contributed by atoms with Gasteiger partial charge in [0.2, 0.25) is 53.2 Å². The number of rotatable bonds is 23. The summed E-state index contributed by atoms with van der Waals surface area (Å²) >= 11 is 0. The van der Waals surface area contributed by atoms with Gasteiger partial charge in [-0.15, -0.1) is 0 Å². The molecule has 0 spiro atoms. The molecule has 2 aromatic rings.